The average Bonchev–Trinajstić information content (AvgIpc) is 3.45. The van der Waals surface area contributed by atoms with Crippen LogP contribution in [0.1, 0.15) is 303 Å². The quantitative estimate of drug-likeness (QED) is 0.0264. The number of nitrogens with two attached hydrogens (primary N) is 1. The van der Waals surface area contributed by atoms with Crippen molar-refractivity contribution >= 4 is 19.8 Å². The maximum absolute atomic E-state index is 12.7. The minimum atomic E-state index is -4.40. The van der Waals surface area contributed by atoms with Crippen LogP contribution in [-0.2, 0) is 32.7 Å². The molecule has 0 saturated carbocycles. The predicted molar refractivity (Wildman–Crippen MR) is 344 cm³/mol. The summed E-state index contributed by atoms with van der Waals surface area (Å²) in [6.07, 6.45) is 87.7. The molecule has 9 nitrogen and oxygen atoms in total. The van der Waals surface area contributed by atoms with E-state index in [0.29, 0.717) is 6.42 Å². The van der Waals surface area contributed by atoms with E-state index >= 15 is 0 Å². The lowest BCUT2D eigenvalue weighted by molar-refractivity contribution is -0.161. The zero-order chi connectivity index (χ0) is 58.0. The van der Waals surface area contributed by atoms with E-state index in [1.807, 2.05) is 0 Å². The second kappa shape index (κ2) is 65.1. The number of phosphoric ester groups is 1. The summed E-state index contributed by atoms with van der Waals surface area (Å²) in [6.45, 7) is 3.65. The molecule has 0 radical (unpaired) electrons. The van der Waals surface area contributed by atoms with Gasteiger partial charge in [0.05, 0.1) is 13.2 Å². The number of rotatable bonds is 62. The maximum atomic E-state index is 12.7. The molecule has 2 unspecified atom stereocenters. The van der Waals surface area contributed by atoms with Crippen LogP contribution in [0.4, 0.5) is 0 Å². The van der Waals surface area contributed by atoms with Crippen molar-refractivity contribution in [3.63, 3.8) is 0 Å². The molecule has 0 saturated heterocycles. The first-order valence-corrected chi connectivity index (χ1v) is 34.7. The molecule has 0 aromatic rings. The molecule has 80 heavy (non-hydrogen) atoms. The maximum Gasteiger partial charge on any atom is 0.472 e. The fraction of sp³-hybridized carbons (Fsp3) is 0.743. The monoisotopic (exact) mass is 1140 g/mol. The van der Waals surface area contributed by atoms with Crippen molar-refractivity contribution < 1.29 is 37.6 Å². The van der Waals surface area contributed by atoms with E-state index in [0.717, 1.165) is 109 Å². The first-order chi connectivity index (χ1) is 39.3. The second-order valence-corrected chi connectivity index (χ2v) is 23.4. The highest BCUT2D eigenvalue weighted by atomic mass is 31.2. The molecule has 0 aromatic carbocycles. The van der Waals surface area contributed by atoms with Gasteiger partial charge in [0, 0.05) is 19.4 Å². The van der Waals surface area contributed by atoms with Crippen molar-refractivity contribution in [1.82, 2.24) is 0 Å². The molecule has 0 spiro atoms. The van der Waals surface area contributed by atoms with E-state index in [9.17, 15) is 19.0 Å². The molecular formula is C70H124NO8P. The minimum Gasteiger partial charge on any atom is -0.462 e. The van der Waals surface area contributed by atoms with Gasteiger partial charge >= 0.3 is 19.8 Å². The van der Waals surface area contributed by atoms with E-state index in [-0.39, 0.29) is 38.6 Å². The van der Waals surface area contributed by atoms with E-state index in [1.165, 1.54) is 161 Å². The highest BCUT2D eigenvalue weighted by Crippen LogP contribution is 2.43. The summed E-state index contributed by atoms with van der Waals surface area (Å²) in [6, 6.07) is 0. The van der Waals surface area contributed by atoms with Gasteiger partial charge in [-0.25, -0.2) is 4.57 Å². The van der Waals surface area contributed by atoms with Gasteiger partial charge in [-0.05, 0) is 77.0 Å². The lowest BCUT2D eigenvalue weighted by Gasteiger charge is -2.19. The normalized spacial score (nSPS) is 13.6. The van der Waals surface area contributed by atoms with Gasteiger partial charge in [0.2, 0.25) is 0 Å². The molecule has 0 amide bonds. The molecule has 2 atom stereocenters. The molecule has 0 heterocycles. The Morgan fingerprint density at radius 1 is 0.388 bits per heavy atom. The van der Waals surface area contributed by atoms with Crippen LogP contribution in [0.15, 0.2) is 97.2 Å². The molecule has 0 aliphatic rings. The summed E-state index contributed by atoms with van der Waals surface area (Å²) in [5, 5.41) is 0. The van der Waals surface area contributed by atoms with E-state index in [1.54, 1.807) is 0 Å². The molecule has 0 aliphatic heterocycles. The topological polar surface area (TPSA) is 134 Å². The summed E-state index contributed by atoms with van der Waals surface area (Å²) in [4.78, 5) is 35.3. The van der Waals surface area contributed by atoms with Crippen molar-refractivity contribution in [1.29, 1.82) is 0 Å². The smallest absolute Gasteiger partial charge is 0.462 e. The van der Waals surface area contributed by atoms with Crippen molar-refractivity contribution in [2.45, 2.75) is 309 Å². The average molecular weight is 1140 g/mol. The van der Waals surface area contributed by atoms with Gasteiger partial charge in [-0.2, -0.15) is 0 Å². The minimum absolute atomic E-state index is 0.0474. The summed E-state index contributed by atoms with van der Waals surface area (Å²) in [5.74, 6) is -0.838. The molecule has 0 fully saturated rings. The predicted octanol–water partition coefficient (Wildman–Crippen LogP) is 21.6. The number of ether oxygens (including phenoxy) is 2. The van der Waals surface area contributed by atoms with E-state index in [4.69, 9.17) is 24.3 Å². The molecule has 0 aliphatic carbocycles. The van der Waals surface area contributed by atoms with Crippen LogP contribution < -0.4 is 5.73 Å². The first-order valence-electron chi connectivity index (χ1n) is 33.2. The third kappa shape index (κ3) is 64.1. The van der Waals surface area contributed by atoms with Crippen LogP contribution in [-0.4, -0.2) is 49.3 Å². The van der Waals surface area contributed by atoms with Gasteiger partial charge in [0.15, 0.2) is 6.10 Å². The number of carbonyl (C=O) groups is 2. The zero-order valence-corrected chi connectivity index (χ0v) is 52.7. The van der Waals surface area contributed by atoms with Crippen LogP contribution in [0.3, 0.4) is 0 Å². The van der Waals surface area contributed by atoms with Crippen molar-refractivity contribution in [3.05, 3.63) is 97.2 Å². The van der Waals surface area contributed by atoms with Crippen LogP contribution >= 0.6 is 7.82 Å². The van der Waals surface area contributed by atoms with Crippen molar-refractivity contribution in [2.24, 2.45) is 5.73 Å². The molecular weight excluding hydrogens is 1010 g/mol. The fourth-order valence-electron chi connectivity index (χ4n) is 9.36. The van der Waals surface area contributed by atoms with E-state index in [2.05, 4.69) is 111 Å². The Hall–Kier alpha value is -3.07. The summed E-state index contributed by atoms with van der Waals surface area (Å²) < 4.78 is 33.1. The molecule has 0 aromatic heterocycles. The Labute approximate surface area is 493 Å². The summed E-state index contributed by atoms with van der Waals surface area (Å²) >= 11 is 0. The van der Waals surface area contributed by atoms with Gasteiger partial charge in [-0.1, -0.05) is 310 Å². The Morgan fingerprint density at radius 3 is 1.02 bits per heavy atom. The van der Waals surface area contributed by atoms with Crippen molar-refractivity contribution in [2.75, 3.05) is 26.4 Å². The highest BCUT2D eigenvalue weighted by molar-refractivity contribution is 7.47. The molecule has 10 heteroatoms. The van der Waals surface area contributed by atoms with Crippen LogP contribution in [0.25, 0.3) is 0 Å². The molecule has 462 valence electrons. The fourth-order valence-corrected chi connectivity index (χ4v) is 10.1. The number of allylic oxidation sites excluding steroid dienone is 16. The molecule has 0 rings (SSSR count). The third-order valence-electron chi connectivity index (χ3n) is 14.2. The Morgan fingerprint density at radius 2 is 0.688 bits per heavy atom. The molecule has 0 bridgehead atoms. The number of unbranched alkanes of at least 4 members (excludes halogenated alkanes) is 33. The SMILES string of the molecule is CC/C=C\C/C=C\C/C=C\C/C=C\C/C=C\C/C=C\C/C=C\C/C=C\CCCCCCCCC(=O)OC(COC(=O)CCCCCCCCCCCCCCCCCCCCCCCCCCCCCC)COP(=O)(O)OCCN. The van der Waals surface area contributed by atoms with Crippen LogP contribution in [0.2, 0.25) is 0 Å². The highest BCUT2D eigenvalue weighted by Gasteiger charge is 2.26. The number of hydrogen-bond donors (Lipinski definition) is 2. The van der Waals surface area contributed by atoms with Crippen LogP contribution in [0, 0.1) is 0 Å². The number of esters is 2. The summed E-state index contributed by atoms with van der Waals surface area (Å²) in [7, 11) is -4.40. The third-order valence-corrected chi connectivity index (χ3v) is 15.2. The Balaban J connectivity index is 3.96. The largest absolute Gasteiger partial charge is 0.472 e. The van der Waals surface area contributed by atoms with Gasteiger partial charge in [0.1, 0.15) is 6.61 Å². The summed E-state index contributed by atoms with van der Waals surface area (Å²) in [5.41, 5.74) is 5.39. The van der Waals surface area contributed by atoms with Crippen molar-refractivity contribution in [3.8, 4) is 0 Å². The van der Waals surface area contributed by atoms with Crippen LogP contribution in [0.5, 0.6) is 0 Å². The van der Waals surface area contributed by atoms with E-state index < -0.39 is 26.5 Å². The Bertz CT molecular complexity index is 1630. The number of hydrogen-bond acceptors (Lipinski definition) is 8. The number of phosphoric acid groups is 1. The first kappa shape index (κ1) is 76.9. The van der Waals surface area contributed by atoms with Gasteiger partial charge in [0.25, 0.3) is 0 Å². The second-order valence-electron chi connectivity index (χ2n) is 22.0. The van der Waals surface area contributed by atoms with Gasteiger partial charge in [-0.3, -0.25) is 18.6 Å². The lowest BCUT2D eigenvalue weighted by atomic mass is 10.0. The standard InChI is InChI=1S/C70H124NO8P/c1-3-5-7-9-11-13-15-17-19-21-23-25-27-29-31-33-34-35-37-39-41-43-45-47-49-51-53-55-57-59-61-63-70(73)79-68(67-78-80(74,75)77-65-64-71)66-76-69(72)62-60-58-56-54-52-50-48-46-44-42-40-38-36-32-30-28-26-24-22-20-18-16-14-12-10-8-6-4-2/h5,7,11,13,17,19,23,25,29,31,34-35,39,41,45,47,68H,3-4,6,8-10,12,14-16,18,20-22,24,26-28,30,32-33,36-38,40,42-44,46,48-67,71H2,1-2H3,(H,74,75)/b7-5-,13-11-,19-17-,25-23-,31-29-,35-34-,41-39-,47-45-. The van der Waals surface area contributed by atoms with Gasteiger partial charge in [-0.15, -0.1) is 0 Å². The molecule has 3 N–H and O–H groups in total. The zero-order valence-electron chi connectivity index (χ0n) is 51.8. The van der Waals surface area contributed by atoms with Gasteiger partial charge < -0.3 is 20.1 Å². The number of carbonyl (C=O) groups excluding carboxylic acids is 2. The lowest BCUT2D eigenvalue weighted by Crippen LogP contribution is -2.29. The Kier molecular flexibility index (Phi) is 62.6.